The van der Waals surface area contributed by atoms with Crippen molar-refractivity contribution in [3.63, 3.8) is 0 Å². The van der Waals surface area contributed by atoms with Gasteiger partial charge in [0, 0.05) is 18.9 Å². The fourth-order valence-electron chi connectivity index (χ4n) is 1.85. The maximum Gasteiger partial charge on any atom is 0.139 e. The lowest BCUT2D eigenvalue weighted by Crippen LogP contribution is -2.03. The van der Waals surface area contributed by atoms with E-state index >= 15 is 0 Å². The summed E-state index contributed by atoms with van der Waals surface area (Å²) in [6, 6.07) is 10.4. The van der Waals surface area contributed by atoms with Gasteiger partial charge >= 0.3 is 0 Å². The molecule has 0 amide bonds. The molecular formula is C13H15N3O. The first-order chi connectivity index (χ1) is 8.40. The largest absolute Gasteiger partial charge is 0.333 e. The van der Waals surface area contributed by atoms with Crippen molar-refractivity contribution < 1.29 is 0 Å². The van der Waals surface area contributed by atoms with Gasteiger partial charge in [-0.05, 0) is 18.4 Å². The van der Waals surface area contributed by atoms with Gasteiger partial charge in [0.1, 0.15) is 12.4 Å². The Morgan fingerprint density at radius 2 is 2.06 bits per heavy atom. The first kappa shape index (κ1) is 11.5. The average Bonchev–Trinajstić information content (AvgIpc) is 2.79. The Morgan fingerprint density at radius 1 is 1.24 bits per heavy atom. The van der Waals surface area contributed by atoms with Crippen LogP contribution in [-0.4, -0.2) is 9.55 Å². The van der Waals surface area contributed by atoms with Crippen LogP contribution in [0.25, 0.3) is 0 Å². The molecule has 0 spiro atoms. The molecule has 0 radical (unpaired) electrons. The lowest BCUT2D eigenvalue weighted by Gasteiger charge is -2.05. The minimum absolute atomic E-state index is 0.151. The van der Waals surface area contributed by atoms with Crippen LogP contribution in [0.5, 0.6) is 0 Å². The molecule has 0 atom stereocenters. The van der Waals surface area contributed by atoms with Crippen molar-refractivity contribution >= 4 is 0 Å². The van der Waals surface area contributed by atoms with Crippen LogP contribution >= 0.6 is 0 Å². The summed E-state index contributed by atoms with van der Waals surface area (Å²) in [6.45, 7) is 1.03. The average molecular weight is 229 g/mol. The van der Waals surface area contributed by atoms with Crippen molar-refractivity contribution in [3.8, 4) is 0 Å². The van der Waals surface area contributed by atoms with E-state index in [4.69, 9.17) is 0 Å². The first-order valence-electron chi connectivity index (χ1n) is 5.73. The summed E-state index contributed by atoms with van der Waals surface area (Å²) < 4.78 is 1.99. The van der Waals surface area contributed by atoms with Gasteiger partial charge in [-0.15, -0.1) is 0 Å². The van der Waals surface area contributed by atoms with Crippen LogP contribution in [0.2, 0.25) is 0 Å². The van der Waals surface area contributed by atoms with Gasteiger partial charge in [0.15, 0.2) is 0 Å². The van der Waals surface area contributed by atoms with E-state index in [-0.39, 0.29) is 6.54 Å². The number of hydrogen-bond acceptors (Lipinski definition) is 3. The van der Waals surface area contributed by atoms with Crippen LogP contribution in [0.1, 0.15) is 17.8 Å². The van der Waals surface area contributed by atoms with Crippen LogP contribution in [-0.2, 0) is 19.5 Å². The van der Waals surface area contributed by atoms with E-state index < -0.39 is 0 Å². The second-order valence-electron chi connectivity index (χ2n) is 3.91. The van der Waals surface area contributed by atoms with Gasteiger partial charge in [0.2, 0.25) is 0 Å². The second-order valence-corrected chi connectivity index (χ2v) is 3.91. The Morgan fingerprint density at radius 3 is 2.82 bits per heavy atom. The zero-order valence-corrected chi connectivity index (χ0v) is 9.62. The lowest BCUT2D eigenvalue weighted by atomic mass is 10.1. The first-order valence-corrected chi connectivity index (χ1v) is 5.73. The Labute approximate surface area is 100 Å². The summed E-state index contributed by atoms with van der Waals surface area (Å²) in [5, 5.41) is 2.87. The van der Waals surface area contributed by atoms with Gasteiger partial charge in [-0.2, -0.15) is 4.91 Å². The summed E-state index contributed by atoms with van der Waals surface area (Å²) in [7, 11) is 0. The van der Waals surface area contributed by atoms with Crippen LogP contribution < -0.4 is 0 Å². The van der Waals surface area contributed by atoms with E-state index in [0.29, 0.717) is 0 Å². The fourth-order valence-corrected chi connectivity index (χ4v) is 1.85. The third-order valence-corrected chi connectivity index (χ3v) is 2.71. The summed E-state index contributed by atoms with van der Waals surface area (Å²) in [6.07, 6.45) is 5.67. The molecule has 0 fully saturated rings. The minimum Gasteiger partial charge on any atom is -0.333 e. The van der Waals surface area contributed by atoms with Crippen LogP contribution in [0.3, 0.4) is 0 Å². The molecule has 17 heavy (non-hydrogen) atoms. The Bertz CT molecular complexity index is 465. The molecular weight excluding hydrogens is 214 g/mol. The number of nitrogens with zero attached hydrogens (tertiary/aromatic N) is 3. The van der Waals surface area contributed by atoms with Crippen LogP contribution in [0.4, 0.5) is 0 Å². The van der Waals surface area contributed by atoms with E-state index in [1.807, 2.05) is 29.0 Å². The normalized spacial score (nSPS) is 10.4. The van der Waals surface area contributed by atoms with Crippen molar-refractivity contribution in [1.82, 2.24) is 9.55 Å². The molecule has 0 aliphatic heterocycles. The molecule has 0 aliphatic rings. The molecule has 1 aromatic heterocycles. The number of imidazole rings is 1. The summed E-state index contributed by atoms with van der Waals surface area (Å²) >= 11 is 0. The predicted molar refractivity (Wildman–Crippen MR) is 66.5 cm³/mol. The van der Waals surface area contributed by atoms with Crippen molar-refractivity contribution in [3.05, 3.63) is 59.0 Å². The van der Waals surface area contributed by atoms with Crippen molar-refractivity contribution in [2.45, 2.75) is 25.9 Å². The third kappa shape index (κ3) is 3.24. The number of aromatic nitrogens is 2. The van der Waals surface area contributed by atoms with E-state index in [0.717, 1.165) is 25.2 Å². The highest BCUT2D eigenvalue weighted by molar-refractivity contribution is 5.14. The second kappa shape index (κ2) is 5.94. The standard InChI is InChI=1S/C13H15N3O/c17-15-11-13-14-8-10-16(13)9-4-7-12-5-2-1-3-6-12/h1-3,5-6,8,10H,4,7,9,11H2. The fraction of sp³-hybridized carbons (Fsp3) is 0.308. The summed E-state index contributed by atoms with van der Waals surface area (Å²) in [5.74, 6) is 0.744. The van der Waals surface area contributed by atoms with Gasteiger partial charge in [0.05, 0.1) is 0 Å². The molecule has 1 aromatic carbocycles. The Balaban J connectivity index is 1.86. The maximum absolute atomic E-state index is 10.2. The van der Waals surface area contributed by atoms with Gasteiger partial charge in [-0.3, -0.25) is 0 Å². The Hall–Kier alpha value is -1.97. The van der Waals surface area contributed by atoms with Crippen molar-refractivity contribution in [2.24, 2.45) is 5.18 Å². The molecule has 88 valence electrons. The highest BCUT2D eigenvalue weighted by Gasteiger charge is 2.02. The third-order valence-electron chi connectivity index (χ3n) is 2.71. The van der Waals surface area contributed by atoms with E-state index in [2.05, 4.69) is 22.3 Å². The van der Waals surface area contributed by atoms with Gasteiger partial charge in [0.25, 0.3) is 0 Å². The molecule has 0 saturated heterocycles. The number of aryl methyl sites for hydroxylation is 2. The minimum atomic E-state index is 0.151. The quantitative estimate of drug-likeness (QED) is 0.715. The van der Waals surface area contributed by atoms with Crippen LogP contribution in [0.15, 0.2) is 47.9 Å². The lowest BCUT2D eigenvalue weighted by molar-refractivity contribution is 0.611. The molecule has 0 N–H and O–H groups in total. The zero-order chi connectivity index (χ0) is 11.9. The molecule has 4 nitrogen and oxygen atoms in total. The SMILES string of the molecule is O=NCc1nccn1CCCc1ccccc1. The molecule has 0 saturated carbocycles. The summed E-state index contributed by atoms with van der Waals surface area (Å²) in [5.41, 5.74) is 1.34. The molecule has 2 aromatic rings. The number of benzene rings is 1. The van der Waals surface area contributed by atoms with Gasteiger partial charge in [-0.1, -0.05) is 35.5 Å². The van der Waals surface area contributed by atoms with E-state index in [1.54, 1.807) is 6.20 Å². The Kier molecular flexibility index (Phi) is 4.02. The number of hydrogen-bond donors (Lipinski definition) is 0. The molecule has 0 unspecified atom stereocenters. The topological polar surface area (TPSA) is 47.2 Å². The van der Waals surface area contributed by atoms with E-state index in [1.165, 1.54) is 5.56 Å². The van der Waals surface area contributed by atoms with Gasteiger partial charge < -0.3 is 4.57 Å². The number of nitroso groups, excluding NO2 is 1. The molecule has 4 heteroatoms. The van der Waals surface area contributed by atoms with Crippen molar-refractivity contribution in [2.75, 3.05) is 0 Å². The summed E-state index contributed by atoms with van der Waals surface area (Å²) in [4.78, 5) is 14.3. The molecule has 0 aliphatic carbocycles. The zero-order valence-electron chi connectivity index (χ0n) is 9.62. The molecule has 0 bridgehead atoms. The number of rotatable bonds is 6. The smallest absolute Gasteiger partial charge is 0.139 e. The monoisotopic (exact) mass is 229 g/mol. The molecule has 2 rings (SSSR count). The molecule has 1 heterocycles. The van der Waals surface area contributed by atoms with E-state index in [9.17, 15) is 4.91 Å². The highest BCUT2D eigenvalue weighted by atomic mass is 16.3. The highest BCUT2D eigenvalue weighted by Crippen LogP contribution is 2.06. The van der Waals surface area contributed by atoms with Crippen LogP contribution in [0, 0.1) is 4.91 Å². The van der Waals surface area contributed by atoms with Crippen molar-refractivity contribution in [1.29, 1.82) is 0 Å². The maximum atomic E-state index is 10.2. The van der Waals surface area contributed by atoms with Gasteiger partial charge in [-0.25, -0.2) is 4.98 Å². The predicted octanol–water partition coefficient (Wildman–Crippen LogP) is 2.78.